The lowest BCUT2D eigenvalue weighted by Crippen LogP contribution is -2.56. The van der Waals surface area contributed by atoms with E-state index in [2.05, 4.69) is 47.8 Å². The number of aromatic nitrogens is 2. The summed E-state index contributed by atoms with van der Waals surface area (Å²) in [6, 6.07) is 4.50. The summed E-state index contributed by atoms with van der Waals surface area (Å²) in [6.45, 7) is 8.81. The van der Waals surface area contributed by atoms with E-state index < -0.39 is 0 Å². The summed E-state index contributed by atoms with van der Waals surface area (Å²) in [4.78, 5) is 24.8. The molecule has 1 saturated carbocycles. The van der Waals surface area contributed by atoms with Gasteiger partial charge >= 0.3 is 0 Å². The molecular formula is C25H33N3O2. The number of amides is 1. The first kappa shape index (κ1) is 19.9. The van der Waals surface area contributed by atoms with E-state index in [0.29, 0.717) is 29.8 Å². The third kappa shape index (κ3) is 3.05. The van der Waals surface area contributed by atoms with Crippen molar-refractivity contribution in [1.82, 2.24) is 14.9 Å². The SMILES string of the molecule is COC1CCC(C(=O)N2CC3c4cc5nccnc5cc4[C@@H](C)C(C2)C3(C)C)CC1. The van der Waals surface area contributed by atoms with Crippen molar-refractivity contribution in [3.8, 4) is 0 Å². The van der Waals surface area contributed by atoms with Crippen LogP contribution in [0.3, 0.4) is 0 Å². The standard InChI is InChI=1S/C25H33N3O2/c1-15-18-11-22-23(27-10-9-26-22)12-19(18)21-14-28(13-20(15)25(21,2)3)24(29)16-5-7-17(30-4)8-6-16/h9-12,15-17,20-21H,5-8,13-14H2,1-4H3/t15-,16?,17?,20?,21?/m1/s1. The molecule has 2 aromatic rings. The van der Waals surface area contributed by atoms with Gasteiger partial charge in [-0.15, -0.1) is 0 Å². The normalized spacial score (nSPS) is 32.7. The highest BCUT2D eigenvalue weighted by Crippen LogP contribution is 2.57. The number of methoxy groups -OCH3 is 1. The number of piperidine rings is 1. The predicted molar refractivity (Wildman–Crippen MR) is 117 cm³/mol. The number of benzene rings is 1. The third-order valence-electron chi connectivity index (χ3n) is 8.49. The molecule has 5 heteroatoms. The minimum Gasteiger partial charge on any atom is -0.381 e. The molecule has 1 aromatic carbocycles. The van der Waals surface area contributed by atoms with Gasteiger partial charge in [0.05, 0.1) is 17.1 Å². The van der Waals surface area contributed by atoms with Gasteiger partial charge in [0.2, 0.25) is 5.91 Å². The van der Waals surface area contributed by atoms with E-state index in [1.165, 1.54) is 11.1 Å². The predicted octanol–water partition coefficient (Wildman–Crippen LogP) is 4.52. The minimum atomic E-state index is 0.160. The Morgan fingerprint density at radius 2 is 1.67 bits per heavy atom. The molecule has 2 unspecified atom stereocenters. The number of hydrogen-bond acceptors (Lipinski definition) is 4. The lowest BCUT2D eigenvalue weighted by Gasteiger charge is -2.56. The van der Waals surface area contributed by atoms with E-state index in [0.717, 1.165) is 49.8 Å². The first-order chi connectivity index (χ1) is 14.4. The van der Waals surface area contributed by atoms with Gasteiger partial charge in [0.1, 0.15) is 0 Å². The average Bonchev–Trinajstić information content (AvgIpc) is 2.76. The van der Waals surface area contributed by atoms with Crippen molar-refractivity contribution in [2.75, 3.05) is 20.2 Å². The molecule has 2 fully saturated rings. The Kier molecular flexibility index (Phi) is 4.85. The van der Waals surface area contributed by atoms with Crippen LogP contribution in [0.2, 0.25) is 0 Å². The van der Waals surface area contributed by atoms with Crippen LogP contribution in [-0.4, -0.2) is 47.1 Å². The van der Waals surface area contributed by atoms with Crippen LogP contribution in [0.4, 0.5) is 0 Å². The summed E-state index contributed by atoms with van der Waals surface area (Å²) in [6.07, 6.45) is 7.78. The molecule has 1 amide bonds. The van der Waals surface area contributed by atoms with E-state index >= 15 is 0 Å². The number of carbonyl (C=O) groups is 1. The quantitative estimate of drug-likeness (QED) is 0.734. The zero-order chi connectivity index (χ0) is 21.0. The molecule has 3 aliphatic rings. The smallest absolute Gasteiger partial charge is 0.225 e. The monoisotopic (exact) mass is 407 g/mol. The molecule has 30 heavy (non-hydrogen) atoms. The van der Waals surface area contributed by atoms with E-state index in [4.69, 9.17) is 4.74 Å². The van der Waals surface area contributed by atoms with Gasteiger partial charge < -0.3 is 9.64 Å². The lowest BCUT2D eigenvalue weighted by molar-refractivity contribution is -0.143. The van der Waals surface area contributed by atoms with Crippen molar-refractivity contribution in [3.05, 3.63) is 35.7 Å². The molecule has 1 aliphatic heterocycles. The number of likely N-dealkylation sites (tertiary alicyclic amines) is 1. The van der Waals surface area contributed by atoms with Gasteiger partial charge in [-0.25, -0.2) is 0 Å². The van der Waals surface area contributed by atoms with Gasteiger partial charge in [-0.05, 0) is 66.2 Å². The van der Waals surface area contributed by atoms with Crippen molar-refractivity contribution >= 4 is 16.9 Å². The summed E-state index contributed by atoms with van der Waals surface area (Å²) in [7, 11) is 1.79. The van der Waals surface area contributed by atoms with Crippen molar-refractivity contribution in [1.29, 1.82) is 0 Å². The molecular weight excluding hydrogens is 374 g/mol. The summed E-state index contributed by atoms with van der Waals surface area (Å²) in [5.41, 5.74) is 4.87. The first-order valence-electron chi connectivity index (χ1n) is 11.5. The fourth-order valence-electron chi connectivity index (χ4n) is 6.50. The maximum atomic E-state index is 13.5. The maximum Gasteiger partial charge on any atom is 0.225 e. The second-order valence-electron chi connectivity index (χ2n) is 10.2. The van der Waals surface area contributed by atoms with Crippen molar-refractivity contribution in [3.63, 3.8) is 0 Å². The third-order valence-corrected chi connectivity index (χ3v) is 8.49. The topological polar surface area (TPSA) is 55.3 Å². The molecule has 1 saturated heterocycles. The number of ether oxygens (including phenoxy) is 1. The Bertz CT molecular complexity index is 964. The fourth-order valence-corrected chi connectivity index (χ4v) is 6.50. The molecule has 5 rings (SSSR count). The zero-order valence-electron chi connectivity index (χ0n) is 18.6. The van der Waals surface area contributed by atoms with Crippen LogP contribution in [0.15, 0.2) is 24.5 Å². The van der Waals surface area contributed by atoms with Gasteiger partial charge in [-0.1, -0.05) is 20.8 Å². The highest BCUT2D eigenvalue weighted by Gasteiger charge is 2.52. The Balaban J connectivity index is 1.47. The van der Waals surface area contributed by atoms with Crippen LogP contribution in [0.25, 0.3) is 11.0 Å². The van der Waals surface area contributed by atoms with Gasteiger partial charge in [0.15, 0.2) is 0 Å². The molecule has 0 radical (unpaired) electrons. The van der Waals surface area contributed by atoms with Crippen LogP contribution in [0.1, 0.15) is 69.4 Å². The zero-order valence-corrected chi connectivity index (χ0v) is 18.6. The van der Waals surface area contributed by atoms with Crippen LogP contribution in [0.5, 0.6) is 0 Å². The molecule has 2 bridgehead atoms. The second-order valence-corrected chi connectivity index (χ2v) is 10.2. The van der Waals surface area contributed by atoms with Gasteiger partial charge in [-0.2, -0.15) is 0 Å². The summed E-state index contributed by atoms with van der Waals surface area (Å²) in [5, 5.41) is 0. The van der Waals surface area contributed by atoms with E-state index in [1.54, 1.807) is 19.5 Å². The Morgan fingerprint density at radius 3 is 2.30 bits per heavy atom. The molecule has 1 aromatic heterocycles. The number of hydrogen-bond donors (Lipinski definition) is 0. The lowest BCUT2D eigenvalue weighted by atomic mass is 9.54. The van der Waals surface area contributed by atoms with Crippen LogP contribution in [0, 0.1) is 17.3 Å². The highest BCUT2D eigenvalue weighted by molar-refractivity contribution is 5.80. The van der Waals surface area contributed by atoms with Gasteiger partial charge in [-0.3, -0.25) is 14.8 Å². The van der Waals surface area contributed by atoms with Crippen LogP contribution < -0.4 is 0 Å². The molecule has 0 spiro atoms. The highest BCUT2D eigenvalue weighted by atomic mass is 16.5. The van der Waals surface area contributed by atoms with Gasteiger partial charge in [0, 0.05) is 44.4 Å². The Labute approximate surface area is 179 Å². The number of carbonyl (C=O) groups excluding carboxylic acids is 1. The summed E-state index contributed by atoms with van der Waals surface area (Å²) >= 11 is 0. The largest absolute Gasteiger partial charge is 0.381 e. The number of nitrogens with zero attached hydrogens (tertiary/aromatic N) is 3. The second kappa shape index (κ2) is 7.30. The summed E-state index contributed by atoms with van der Waals surface area (Å²) in [5.74, 6) is 1.73. The van der Waals surface area contributed by atoms with Crippen molar-refractivity contribution < 1.29 is 9.53 Å². The fraction of sp³-hybridized carbons (Fsp3) is 0.640. The minimum absolute atomic E-state index is 0.160. The number of rotatable bonds is 2. The van der Waals surface area contributed by atoms with Crippen molar-refractivity contribution in [2.24, 2.45) is 17.3 Å². The van der Waals surface area contributed by atoms with Crippen LogP contribution >= 0.6 is 0 Å². The Morgan fingerprint density at radius 1 is 1.03 bits per heavy atom. The Hall–Kier alpha value is -2.01. The van der Waals surface area contributed by atoms with Crippen LogP contribution in [-0.2, 0) is 9.53 Å². The van der Waals surface area contributed by atoms with Crippen molar-refractivity contribution in [2.45, 2.75) is 64.4 Å². The van der Waals surface area contributed by atoms with E-state index in [9.17, 15) is 4.79 Å². The van der Waals surface area contributed by atoms with E-state index in [1.807, 2.05) is 0 Å². The molecule has 2 aliphatic carbocycles. The number of fused-ring (bicyclic) bond motifs is 5. The molecule has 5 nitrogen and oxygen atoms in total. The van der Waals surface area contributed by atoms with E-state index in [-0.39, 0.29) is 11.3 Å². The first-order valence-corrected chi connectivity index (χ1v) is 11.5. The molecule has 2 heterocycles. The molecule has 3 atom stereocenters. The average molecular weight is 408 g/mol. The molecule has 0 N–H and O–H groups in total. The molecule has 160 valence electrons. The van der Waals surface area contributed by atoms with Gasteiger partial charge in [0.25, 0.3) is 0 Å². The maximum absolute atomic E-state index is 13.5. The summed E-state index contributed by atoms with van der Waals surface area (Å²) < 4.78 is 5.50.